The number of nitrogens with zero attached hydrogens (tertiary/aromatic N) is 2. The summed E-state index contributed by atoms with van der Waals surface area (Å²) in [6.45, 7) is 7.60. The van der Waals surface area contributed by atoms with Gasteiger partial charge in [-0.25, -0.2) is 0 Å². The molecule has 20 heavy (non-hydrogen) atoms. The monoisotopic (exact) mass is 277 g/mol. The Hall–Kier alpha value is -0.830. The average Bonchev–Trinajstić information content (AvgIpc) is 2.74. The quantitative estimate of drug-likeness (QED) is 0.834. The molecular weight excluding hydrogens is 246 g/mol. The van der Waals surface area contributed by atoms with Gasteiger partial charge in [0.15, 0.2) is 0 Å². The zero-order valence-corrected chi connectivity index (χ0v) is 13.5. The molecular formula is C17H31N3. The zero-order valence-electron chi connectivity index (χ0n) is 13.5. The van der Waals surface area contributed by atoms with Crippen molar-refractivity contribution in [2.45, 2.75) is 84.2 Å². The molecule has 1 aliphatic rings. The SMILES string of the molecule is CCc1cc(CC2(N)CCCC(CC)CC2)n(CC)n1. The van der Waals surface area contributed by atoms with Crippen LogP contribution in [0.15, 0.2) is 6.07 Å². The predicted molar refractivity (Wildman–Crippen MR) is 84.8 cm³/mol. The van der Waals surface area contributed by atoms with Crippen LogP contribution >= 0.6 is 0 Å². The van der Waals surface area contributed by atoms with Gasteiger partial charge < -0.3 is 5.73 Å². The topological polar surface area (TPSA) is 43.8 Å². The second kappa shape index (κ2) is 6.75. The van der Waals surface area contributed by atoms with Crippen molar-refractivity contribution in [2.24, 2.45) is 11.7 Å². The van der Waals surface area contributed by atoms with Gasteiger partial charge in [0.25, 0.3) is 0 Å². The molecule has 0 aromatic carbocycles. The lowest BCUT2D eigenvalue weighted by molar-refractivity contribution is 0.349. The van der Waals surface area contributed by atoms with Crippen LogP contribution in [0.5, 0.6) is 0 Å². The van der Waals surface area contributed by atoms with Crippen LogP contribution in [0.1, 0.15) is 70.7 Å². The van der Waals surface area contributed by atoms with E-state index >= 15 is 0 Å². The van der Waals surface area contributed by atoms with Crippen molar-refractivity contribution >= 4 is 0 Å². The van der Waals surface area contributed by atoms with Crippen LogP contribution in [-0.4, -0.2) is 15.3 Å². The molecule has 114 valence electrons. The van der Waals surface area contributed by atoms with E-state index in [-0.39, 0.29) is 5.54 Å². The van der Waals surface area contributed by atoms with E-state index in [2.05, 4.69) is 36.6 Å². The fourth-order valence-corrected chi connectivity index (χ4v) is 3.55. The summed E-state index contributed by atoms with van der Waals surface area (Å²) < 4.78 is 2.15. The Labute approximate surface area is 123 Å². The predicted octanol–water partition coefficient (Wildman–Crippen LogP) is 3.70. The van der Waals surface area contributed by atoms with Gasteiger partial charge in [-0.2, -0.15) is 5.10 Å². The van der Waals surface area contributed by atoms with Gasteiger partial charge in [0.1, 0.15) is 0 Å². The molecule has 0 radical (unpaired) electrons. The van der Waals surface area contributed by atoms with Gasteiger partial charge in [-0.15, -0.1) is 0 Å². The molecule has 0 saturated heterocycles. The molecule has 1 saturated carbocycles. The first-order chi connectivity index (χ1) is 9.60. The third kappa shape index (κ3) is 3.63. The highest BCUT2D eigenvalue weighted by Crippen LogP contribution is 2.32. The number of hydrogen-bond acceptors (Lipinski definition) is 2. The van der Waals surface area contributed by atoms with Crippen LogP contribution in [-0.2, 0) is 19.4 Å². The normalized spacial score (nSPS) is 27.5. The number of aryl methyl sites for hydroxylation is 2. The average molecular weight is 277 g/mol. The van der Waals surface area contributed by atoms with E-state index in [4.69, 9.17) is 5.73 Å². The molecule has 1 aromatic rings. The van der Waals surface area contributed by atoms with Crippen LogP contribution in [0, 0.1) is 5.92 Å². The zero-order chi connectivity index (χ0) is 14.6. The van der Waals surface area contributed by atoms with Crippen LogP contribution in [0.4, 0.5) is 0 Å². The number of hydrogen-bond donors (Lipinski definition) is 1. The number of aromatic nitrogens is 2. The lowest BCUT2D eigenvalue weighted by Gasteiger charge is -2.28. The van der Waals surface area contributed by atoms with Crippen molar-refractivity contribution in [3.63, 3.8) is 0 Å². The van der Waals surface area contributed by atoms with E-state index in [1.54, 1.807) is 0 Å². The lowest BCUT2D eigenvalue weighted by atomic mass is 9.86. The summed E-state index contributed by atoms with van der Waals surface area (Å²) in [6.07, 6.45) is 9.59. The molecule has 1 aliphatic carbocycles. The molecule has 0 amide bonds. The van der Waals surface area contributed by atoms with Gasteiger partial charge in [-0.3, -0.25) is 4.68 Å². The van der Waals surface area contributed by atoms with Crippen molar-refractivity contribution in [3.05, 3.63) is 17.5 Å². The van der Waals surface area contributed by atoms with E-state index in [0.717, 1.165) is 25.3 Å². The summed E-state index contributed by atoms with van der Waals surface area (Å²) >= 11 is 0. The standard InChI is InChI=1S/C17H31N3/c1-4-14-8-7-10-17(18,11-9-14)13-16-12-15(5-2)19-20(16)6-3/h12,14H,4-11,13,18H2,1-3H3. The lowest BCUT2D eigenvalue weighted by Crippen LogP contribution is -2.42. The largest absolute Gasteiger partial charge is 0.325 e. The van der Waals surface area contributed by atoms with E-state index < -0.39 is 0 Å². The highest BCUT2D eigenvalue weighted by atomic mass is 15.3. The van der Waals surface area contributed by atoms with Gasteiger partial charge in [0.2, 0.25) is 0 Å². The van der Waals surface area contributed by atoms with Crippen molar-refractivity contribution in [3.8, 4) is 0 Å². The maximum atomic E-state index is 6.74. The molecule has 1 fully saturated rings. The van der Waals surface area contributed by atoms with E-state index in [1.807, 2.05) is 0 Å². The van der Waals surface area contributed by atoms with E-state index in [0.29, 0.717) is 0 Å². The summed E-state index contributed by atoms with van der Waals surface area (Å²) in [5.74, 6) is 0.891. The van der Waals surface area contributed by atoms with Gasteiger partial charge in [0, 0.05) is 24.2 Å². The first kappa shape index (κ1) is 15.6. The molecule has 2 N–H and O–H groups in total. The van der Waals surface area contributed by atoms with Gasteiger partial charge >= 0.3 is 0 Å². The van der Waals surface area contributed by atoms with Crippen molar-refractivity contribution in [2.75, 3.05) is 0 Å². The molecule has 2 rings (SSSR count). The summed E-state index contributed by atoms with van der Waals surface area (Å²) in [6, 6.07) is 2.26. The maximum Gasteiger partial charge on any atom is 0.0624 e. The Morgan fingerprint density at radius 3 is 2.75 bits per heavy atom. The van der Waals surface area contributed by atoms with Crippen molar-refractivity contribution in [1.29, 1.82) is 0 Å². The second-order valence-corrected chi connectivity index (χ2v) is 6.54. The Kier molecular flexibility index (Phi) is 5.25. The molecule has 0 aliphatic heterocycles. The van der Waals surface area contributed by atoms with Crippen LogP contribution in [0.25, 0.3) is 0 Å². The first-order valence-electron chi connectivity index (χ1n) is 8.44. The molecule has 3 nitrogen and oxygen atoms in total. The molecule has 1 aromatic heterocycles. The fourth-order valence-electron chi connectivity index (χ4n) is 3.55. The summed E-state index contributed by atoms with van der Waals surface area (Å²) in [4.78, 5) is 0. The summed E-state index contributed by atoms with van der Waals surface area (Å²) in [5, 5.41) is 4.66. The van der Waals surface area contributed by atoms with Crippen LogP contribution in [0.3, 0.4) is 0 Å². The maximum absolute atomic E-state index is 6.74. The number of nitrogens with two attached hydrogens (primary N) is 1. The fraction of sp³-hybridized carbons (Fsp3) is 0.824. The molecule has 2 atom stereocenters. The third-order valence-electron chi connectivity index (χ3n) is 5.02. The Bertz CT molecular complexity index is 424. The van der Waals surface area contributed by atoms with E-state index in [1.165, 1.54) is 49.9 Å². The van der Waals surface area contributed by atoms with Gasteiger partial charge in [-0.1, -0.05) is 33.1 Å². The van der Waals surface area contributed by atoms with Gasteiger partial charge in [-0.05, 0) is 44.6 Å². The highest BCUT2D eigenvalue weighted by Gasteiger charge is 2.30. The summed E-state index contributed by atoms with van der Waals surface area (Å²) in [7, 11) is 0. The minimum atomic E-state index is -0.0120. The Morgan fingerprint density at radius 2 is 2.10 bits per heavy atom. The molecule has 0 bridgehead atoms. The van der Waals surface area contributed by atoms with Crippen molar-refractivity contribution in [1.82, 2.24) is 9.78 Å². The van der Waals surface area contributed by atoms with Crippen molar-refractivity contribution < 1.29 is 0 Å². The Morgan fingerprint density at radius 1 is 1.30 bits per heavy atom. The Balaban J connectivity index is 2.09. The summed E-state index contributed by atoms with van der Waals surface area (Å²) in [5.41, 5.74) is 9.26. The third-order valence-corrected chi connectivity index (χ3v) is 5.02. The first-order valence-corrected chi connectivity index (χ1v) is 8.44. The smallest absolute Gasteiger partial charge is 0.0624 e. The number of rotatable bonds is 5. The van der Waals surface area contributed by atoms with E-state index in [9.17, 15) is 0 Å². The molecule has 2 unspecified atom stereocenters. The van der Waals surface area contributed by atoms with Gasteiger partial charge in [0.05, 0.1) is 5.69 Å². The highest BCUT2D eigenvalue weighted by molar-refractivity contribution is 5.14. The van der Waals surface area contributed by atoms with Crippen LogP contribution < -0.4 is 5.73 Å². The molecule has 1 heterocycles. The molecule has 3 heteroatoms. The molecule has 0 spiro atoms. The second-order valence-electron chi connectivity index (χ2n) is 6.54. The van der Waals surface area contributed by atoms with Crippen LogP contribution in [0.2, 0.25) is 0 Å². The minimum absolute atomic E-state index is 0.0120. The minimum Gasteiger partial charge on any atom is -0.325 e.